The quantitative estimate of drug-likeness (QED) is 0.709. The molecule has 0 aliphatic carbocycles. The molecule has 0 unspecified atom stereocenters. The van der Waals surface area contributed by atoms with Gasteiger partial charge in [0.25, 0.3) is 0 Å². The first-order valence-corrected chi connectivity index (χ1v) is 5.24. The van der Waals surface area contributed by atoms with Gasteiger partial charge in [0.2, 0.25) is 0 Å². The standard InChI is InChI=1S/C11H12O2.C2H6/c1-9(13)8-11-5-3-2-4-10(11)6-7-12;1-2/h2-5,7H,6,8H2,1H3;1-2H3. The number of carbonyl (C=O) groups is 2. The predicted octanol–water partition coefficient (Wildman–Crippen LogP) is 2.59. The highest BCUT2D eigenvalue weighted by Gasteiger charge is 2.02. The summed E-state index contributed by atoms with van der Waals surface area (Å²) in [6.07, 6.45) is 1.67. The van der Waals surface area contributed by atoms with Crippen LogP contribution < -0.4 is 0 Å². The molecule has 0 amide bonds. The van der Waals surface area contributed by atoms with Gasteiger partial charge in [-0.25, -0.2) is 0 Å². The van der Waals surface area contributed by atoms with E-state index in [-0.39, 0.29) is 5.78 Å². The van der Waals surface area contributed by atoms with Gasteiger partial charge in [0.1, 0.15) is 12.1 Å². The summed E-state index contributed by atoms with van der Waals surface area (Å²) in [5, 5.41) is 0. The van der Waals surface area contributed by atoms with Crippen molar-refractivity contribution >= 4 is 12.1 Å². The van der Waals surface area contributed by atoms with Crippen molar-refractivity contribution in [1.29, 1.82) is 0 Å². The molecule has 1 rings (SSSR count). The second kappa shape index (κ2) is 7.92. The number of benzene rings is 1. The molecule has 0 bridgehead atoms. The van der Waals surface area contributed by atoms with E-state index in [1.807, 2.05) is 38.1 Å². The number of ketones is 1. The molecule has 0 N–H and O–H groups in total. The Morgan fingerprint density at radius 3 is 2.20 bits per heavy atom. The maximum atomic E-state index is 10.9. The van der Waals surface area contributed by atoms with Crippen LogP contribution in [0, 0.1) is 0 Å². The van der Waals surface area contributed by atoms with Crippen molar-refractivity contribution in [3.63, 3.8) is 0 Å². The molecule has 0 atom stereocenters. The van der Waals surface area contributed by atoms with E-state index in [1.54, 1.807) is 6.92 Å². The lowest BCUT2D eigenvalue weighted by Gasteiger charge is -2.03. The van der Waals surface area contributed by atoms with Gasteiger partial charge < -0.3 is 4.79 Å². The Morgan fingerprint density at radius 2 is 1.73 bits per heavy atom. The molecule has 0 spiro atoms. The Kier molecular flexibility index (Phi) is 7.16. The van der Waals surface area contributed by atoms with E-state index >= 15 is 0 Å². The Bertz CT molecular complexity index is 316. The third-order valence-corrected chi connectivity index (χ3v) is 1.86. The monoisotopic (exact) mass is 206 g/mol. The van der Waals surface area contributed by atoms with Crippen LogP contribution in [0.5, 0.6) is 0 Å². The maximum absolute atomic E-state index is 10.9. The van der Waals surface area contributed by atoms with Crippen LogP contribution in [0.1, 0.15) is 31.9 Å². The average Bonchev–Trinajstić information content (AvgIpc) is 2.23. The summed E-state index contributed by atoms with van der Waals surface area (Å²) in [5.74, 6) is 0.123. The van der Waals surface area contributed by atoms with Gasteiger partial charge in [-0.1, -0.05) is 38.1 Å². The van der Waals surface area contributed by atoms with Gasteiger partial charge >= 0.3 is 0 Å². The average molecular weight is 206 g/mol. The molecule has 0 aliphatic heterocycles. The topological polar surface area (TPSA) is 34.1 Å². The number of hydrogen-bond donors (Lipinski definition) is 0. The van der Waals surface area contributed by atoms with E-state index in [9.17, 15) is 9.59 Å². The van der Waals surface area contributed by atoms with E-state index in [4.69, 9.17) is 0 Å². The number of carbonyl (C=O) groups excluding carboxylic acids is 2. The maximum Gasteiger partial charge on any atom is 0.134 e. The van der Waals surface area contributed by atoms with Crippen LogP contribution >= 0.6 is 0 Å². The second-order valence-corrected chi connectivity index (χ2v) is 3.02. The van der Waals surface area contributed by atoms with Crippen LogP contribution in [0.4, 0.5) is 0 Å². The summed E-state index contributed by atoms with van der Waals surface area (Å²) in [6, 6.07) is 7.53. The van der Waals surface area contributed by atoms with Gasteiger partial charge in [0.05, 0.1) is 0 Å². The first-order valence-electron chi connectivity index (χ1n) is 5.24. The van der Waals surface area contributed by atoms with E-state index in [0.29, 0.717) is 12.8 Å². The summed E-state index contributed by atoms with van der Waals surface area (Å²) in [4.78, 5) is 21.2. The van der Waals surface area contributed by atoms with Gasteiger partial charge in [-0.3, -0.25) is 4.79 Å². The minimum atomic E-state index is 0.123. The van der Waals surface area contributed by atoms with Gasteiger partial charge in [-0.15, -0.1) is 0 Å². The number of Topliss-reactive ketones (excluding diaryl/α,β-unsaturated/α-hetero) is 1. The molecule has 2 nitrogen and oxygen atoms in total. The summed E-state index contributed by atoms with van der Waals surface area (Å²) in [7, 11) is 0. The van der Waals surface area contributed by atoms with E-state index in [2.05, 4.69) is 0 Å². The van der Waals surface area contributed by atoms with Crippen molar-refractivity contribution in [3.05, 3.63) is 35.4 Å². The van der Waals surface area contributed by atoms with Crippen LogP contribution in [0.15, 0.2) is 24.3 Å². The fourth-order valence-corrected chi connectivity index (χ4v) is 1.29. The molecule has 0 saturated carbocycles. The Hall–Kier alpha value is -1.44. The first-order chi connectivity index (χ1) is 7.24. The Morgan fingerprint density at radius 1 is 1.20 bits per heavy atom. The third kappa shape index (κ3) is 5.11. The van der Waals surface area contributed by atoms with Crippen LogP contribution in [0.25, 0.3) is 0 Å². The zero-order chi connectivity index (χ0) is 11.7. The lowest BCUT2D eigenvalue weighted by atomic mass is 10.0. The normalized spacial score (nSPS) is 8.73. The molecule has 0 radical (unpaired) electrons. The number of aldehydes is 1. The van der Waals surface area contributed by atoms with Gasteiger partial charge in [0, 0.05) is 12.8 Å². The molecular weight excluding hydrogens is 188 g/mol. The molecule has 0 aliphatic rings. The summed E-state index contributed by atoms with van der Waals surface area (Å²) >= 11 is 0. The summed E-state index contributed by atoms with van der Waals surface area (Å²) < 4.78 is 0. The Labute approximate surface area is 91.3 Å². The van der Waals surface area contributed by atoms with Gasteiger partial charge in [0.15, 0.2) is 0 Å². The summed E-state index contributed by atoms with van der Waals surface area (Å²) in [5.41, 5.74) is 1.91. The largest absolute Gasteiger partial charge is 0.303 e. The predicted molar refractivity (Wildman–Crippen MR) is 61.9 cm³/mol. The molecule has 0 saturated heterocycles. The van der Waals surface area contributed by atoms with Crippen molar-refractivity contribution in [2.45, 2.75) is 33.6 Å². The molecule has 82 valence electrons. The van der Waals surface area contributed by atoms with Crippen LogP contribution in [-0.4, -0.2) is 12.1 Å². The lowest BCUT2D eigenvalue weighted by Crippen LogP contribution is -2.01. The highest BCUT2D eigenvalue weighted by atomic mass is 16.1. The van der Waals surface area contributed by atoms with Crippen molar-refractivity contribution in [2.75, 3.05) is 0 Å². The molecule has 0 fully saturated rings. The number of rotatable bonds is 4. The highest BCUT2D eigenvalue weighted by Crippen LogP contribution is 2.09. The minimum absolute atomic E-state index is 0.123. The van der Waals surface area contributed by atoms with Crippen LogP contribution in [-0.2, 0) is 22.4 Å². The van der Waals surface area contributed by atoms with Gasteiger partial charge in [-0.05, 0) is 18.1 Å². The smallest absolute Gasteiger partial charge is 0.134 e. The molecule has 1 aromatic rings. The molecule has 2 heteroatoms. The fraction of sp³-hybridized carbons (Fsp3) is 0.385. The minimum Gasteiger partial charge on any atom is -0.303 e. The summed E-state index contributed by atoms with van der Waals surface area (Å²) in [6.45, 7) is 5.55. The zero-order valence-electron chi connectivity index (χ0n) is 9.62. The van der Waals surface area contributed by atoms with Crippen LogP contribution in [0.2, 0.25) is 0 Å². The second-order valence-electron chi connectivity index (χ2n) is 3.02. The zero-order valence-corrected chi connectivity index (χ0v) is 9.62. The van der Waals surface area contributed by atoms with Crippen molar-refractivity contribution < 1.29 is 9.59 Å². The van der Waals surface area contributed by atoms with E-state index < -0.39 is 0 Å². The SMILES string of the molecule is CC.CC(=O)Cc1ccccc1CC=O. The van der Waals surface area contributed by atoms with E-state index in [0.717, 1.165) is 17.4 Å². The molecule has 15 heavy (non-hydrogen) atoms. The molecule has 0 aromatic heterocycles. The number of hydrogen-bond acceptors (Lipinski definition) is 2. The highest BCUT2D eigenvalue weighted by molar-refractivity contribution is 5.78. The lowest BCUT2D eigenvalue weighted by molar-refractivity contribution is -0.116. The van der Waals surface area contributed by atoms with Crippen molar-refractivity contribution in [1.82, 2.24) is 0 Å². The fourth-order valence-electron chi connectivity index (χ4n) is 1.29. The van der Waals surface area contributed by atoms with Crippen molar-refractivity contribution in [2.24, 2.45) is 0 Å². The molecular formula is C13H18O2. The van der Waals surface area contributed by atoms with E-state index in [1.165, 1.54) is 0 Å². The first kappa shape index (κ1) is 13.6. The Balaban J connectivity index is 0.000000921. The third-order valence-electron chi connectivity index (χ3n) is 1.86. The molecule has 1 aromatic carbocycles. The van der Waals surface area contributed by atoms with Crippen LogP contribution in [0.3, 0.4) is 0 Å². The van der Waals surface area contributed by atoms with Crippen molar-refractivity contribution in [3.8, 4) is 0 Å². The van der Waals surface area contributed by atoms with Gasteiger partial charge in [-0.2, -0.15) is 0 Å². The molecule has 0 heterocycles.